The highest BCUT2D eigenvalue weighted by molar-refractivity contribution is 6.08. The van der Waals surface area contributed by atoms with Crippen LogP contribution in [-0.2, 0) is 19.2 Å². The summed E-state index contributed by atoms with van der Waals surface area (Å²) in [5.41, 5.74) is 33.3. The smallest absolute Gasteiger partial charge is 0.255 e. The van der Waals surface area contributed by atoms with Crippen molar-refractivity contribution < 1.29 is 57.3 Å². The predicted octanol–water partition coefficient (Wildman–Crippen LogP) is -0.822. The van der Waals surface area contributed by atoms with Crippen LogP contribution in [0.15, 0.2) is 72.8 Å². The summed E-state index contributed by atoms with van der Waals surface area (Å²) >= 11 is 0. The third kappa shape index (κ3) is 34.0. The molecule has 4 rings (SSSR count). The van der Waals surface area contributed by atoms with Gasteiger partial charge in [0.15, 0.2) is 23.8 Å². The van der Waals surface area contributed by atoms with Gasteiger partial charge in [0, 0.05) is 48.9 Å². The quantitative estimate of drug-likeness (QED) is 0.0146. The van der Waals surface area contributed by atoms with Crippen LogP contribution in [0.3, 0.4) is 0 Å². The van der Waals surface area contributed by atoms with Gasteiger partial charge in [0.1, 0.15) is 67.6 Å². The molecule has 0 fully saturated rings. The number of rotatable bonds is 47. The molecule has 4 atom stereocenters. The van der Waals surface area contributed by atoms with Crippen molar-refractivity contribution in [1.82, 2.24) is 58.5 Å². The molecule has 0 radical (unpaired) electrons. The van der Waals surface area contributed by atoms with Crippen LogP contribution < -0.4 is 133 Å². The second kappa shape index (κ2) is 46.6. The molecule has 0 aromatic heterocycles. The van der Waals surface area contributed by atoms with Crippen LogP contribution in [-0.4, -0.2) is 197 Å². The van der Waals surface area contributed by atoms with Crippen LogP contribution in [0.2, 0.25) is 0 Å². The average Bonchev–Trinajstić information content (AvgIpc) is 0.843. The van der Waals surface area contributed by atoms with Gasteiger partial charge in [-0.1, -0.05) is 0 Å². The van der Waals surface area contributed by atoms with E-state index in [1.807, 2.05) is 0 Å². The maximum Gasteiger partial charge on any atom is 0.255 e. The molecule has 0 aliphatic heterocycles. The number of nitrogens with one attached hydrogen (secondary N) is 23. The van der Waals surface area contributed by atoms with Gasteiger partial charge in [-0.15, -0.1) is 0 Å². The zero-order valence-corrected chi connectivity index (χ0v) is 61.2. The Bertz CT molecular complexity index is 3910. The summed E-state index contributed by atoms with van der Waals surface area (Å²) in [5, 5.41) is 103. The van der Waals surface area contributed by atoms with Crippen molar-refractivity contribution in [3.05, 3.63) is 95.1 Å². The van der Waals surface area contributed by atoms with Gasteiger partial charge in [-0.25, -0.2) is 0 Å². The number of carbonyl (C=O) groups is 8. The molecule has 4 aromatic rings. The monoisotopic (exact) mass is 1520 g/mol. The molecule has 41 heteroatoms. The van der Waals surface area contributed by atoms with E-state index in [9.17, 15) is 38.4 Å². The van der Waals surface area contributed by atoms with Crippen molar-refractivity contribution in [2.75, 3.05) is 100 Å². The molecule has 41 nitrogen and oxygen atoms in total. The minimum Gasteiger partial charge on any atom is -0.491 e. The van der Waals surface area contributed by atoms with Crippen molar-refractivity contribution >= 4 is 117 Å². The Morgan fingerprint density at radius 3 is 0.817 bits per heavy atom. The minimum absolute atomic E-state index is 0.00631. The van der Waals surface area contributed by atoms with Crippen molar-refractivity contribution in [3.8, 4) is 23.0 Å². The number of ether oxygens (including phenoxy) is 4. The van der Waals surface area contributed by atoms with E-state index >= 15 is 0 Å². The Morgan fingerprint density at radius 2 is 0.569 bits per heavy atom. The number of carbonyl (C=O) groups excluding carboxylic acids is 8. The van der Waals surface area contributed by atoms with Gasteiger partial charge in [0.05, 0.1) is 77.8 Å². The van der Waals surface area contributed by atoms with Crippen molar-refractivity contribution in [3.63, 3.8) is 0 Å². The summed E-state index contributed by atoms with van der Waals surface area (Å²) in [6, 6.07) is 11.3. The molecular weight excluding hydrogens is 1410 g/mol. The second-order valence-electron chi connectivity index (χ2n) is 24.4. The van der Waals surface area contributed by atoms with E-state index in [0.717, 1.165) is 0 Å². The standard InChI is InChI=1S/C68H103N29O12/c1-37(69)83-21-5-9-49(73)61(102)91-42-14-18-54(107-30-26-88-66(77)78)46(34-42)58(99)96-51(11-7-23-85-39(3)71)63(104)93-44-16-20-56(109-32-28-90-68(81)82)48(36-44)60(101)97-52(12-8-24-86-40(4)72)64(105)94-43-15-19-55(108-31-27-89-67(79)80)47(35-43)59(100)95-50(10-6-22-84-38(2)70)62(103)92-41-13-17-53(45(33-41)57(74)98)106-29-25-87-65(75)76/h13-20,33-36,49-52H,5-12,21-32,73H2,1-4H3,(H2,69,83)(H2,70,84)(H2,71,85)(H2,72,86)(H2,74,98)(H,91,102)(H,92,103)(H,93,104)(H,94,105)(H,95,100)(H,96,99)(H,97,101)(H4,75,76,87)(H4,77,78,88)(H4,79,80,89)(H4,81,82,90)/t49-,50-,51-,52-/m1/s1. The lowest BCUT2D eigenvalue weighted by Crippen LogP contribution is -2.45. The molecule has 0 bridgehead atoms. The topological polar surface area (TPSA) is 701 Å². The van der Waals surface area contributed by atoms with Crippen LogP contribution >= 0.6 is 0 Å². The van der Waals surface area contributed by atoms with E-state index < -0.39 is 71.4 Å². The molecule has 592 valence electrons. The van der Waals surface area contributed by atoms with E-state index in [1.165, 1.54) is 93.6 Å². The molecule has 0 saturated carbocycles. The minimum atomic E-state index is -1.41. The lowest BCUT2D eigenvalue weighted by atomic mass is 10.1. The third-order valence-electron chi connectivity index (χ3n) is 15.2. The van der Waals surface area contributed by atoms with Gasteiger partial charge >= 0.3 is 0 Å². The lowest BCUT2D eigenvalue weighted by Gasteiger charge is -2.22. The largest absolute Gasteiger partial charge is 0.491 e. The number of amidine groups is 4. The first-order valence-electron chi connectivity index (χ1n) is 34.6. The fourth-order valence-electron chi connectivity index (χ4n) is 9.96. The van der Waals surface area contributed by atoms with Crippen molar-refractivity contribution in [1.29, 1.82) is 43.3 Å². The maximum atomic E-state index is 14.9. The molecule has 0 saturated heterocycles. The number of hydrogen-bond acceptors (Lipinski definition) is 21. The summed E-state index contributed by atoms with van der Waals surface area (Å²) in [7, 11) is 0. The summed E-state index contributed by atoms with van der Waals surface area (Å²) in [4.78, 5) is 114. The molecule has 35 N–H and O–H groups in total. The SMILES string of the molecule is CC(=N)NCCC[C@@H](N)C(=O)Nc1ccc(OCCNC(=N)N)c(C(=O)N[C@H](CCCNC(C)=N)C(=O)Nc2ccc(OCCNC(=N)N)c(C(=O)N[C@H](CCCNC(C)=N)C(=O)Nc3ccc(OCCNC(=N)N)c(C(=O)N[C@H](CCCNC(C)=N)C(=O)Nc4ccc(OCCNC(=N)N)c(C(N)=O)c4)c3)c2)c1. The highest BCUT2D eigenvalue weighted by Crippen LogP contribution is 2.29. The molecule has 8 amide bonds. The van der Waals surface area contributed by atoms with Gasteiger partial charge in [0.2, 0.25) is 23.6 Å². The van der Waals surface area contributed by atoms with Crippen molar-refractivity contribution in [2.45, 2.75) is 103 Å². The van der Waals surface area contributed by atoms with Crippen LogP contribution in [0.5, 0.6) is 23.0 Å². The summed E-state index contributed by atoms with van der Waals surface area (Å²) in [6.45, 7) is 6.90. The predicted molar refractivity (Wildman–Crippen MR) is 415 cm³/mol. The zero-order chi connectivity index (χ0) is 80.5. The highest BCUT2D eigenvalue weighted by Gasteiger charge is 2.30. The van der Waals surface area contributed by atoms with Gasteiger partial charge in [-0.2, -0.15) is 0 Å². The van der Waals surface area contributed by atoms with Gasteiger partial charge in [-0.3, -0.25) is 81.6 Å². The van der Waals surface area contributed by atoms with E-state index in [2.05, 4.69) is 79.8 Å². The molecule has 109 heavy (non-hydrogen) atoms. The first-order valence-corrected chi connectivity index (χ1v) is 34.6. The second-order valence-corrected chi connectivity index (χ2v) is 24.4. The van der Waals surface area contributed by atoms with Crippen LogP contribution in [0.4, 0.5) is 22.7 Å². The van der Waals surface area contributed by atoms with E-state index in [-0.39, 0.29) is 232 Å². The van der Waals surface area contributed by atoms with Crippen LogP contribution in [0.1, 0.15) is 120 Å². The summed E-state index contributed by atoms with van der Waals surface area (Å²) in [6.07, 6.45) is 1.26. The number of hydrogen-bond donors (Lipinski definition) is 29. The van der Waals surface area contributed by atoms with Crippen molar-refractivity contribution in [2.24, 2.45) is 34.4 Å². The molecule has 0 spiro atoms. The maximum absolute atomic E-state index is 14.9. The number of benzene rings is 4. The fourth-order valence-corrected chi connectivity index (χ4v) is 9.96. The number of primary amides is 1. The fraction of sp³-hybridized carbons (Fsp3) is 0.412. The molecular formula is C68H103N29O12. The lowest BCUT2D eigenvalue weighted by molar-refractivity contribution is -0.118. The summed E-state index contributed by atoms with van der Waals surface area (Å²) in [5.74, 6) is -7.23. The Morgan fingerprint density at radius 1 is 0.330 bits per heavy atom. The van der Waals surface area contributed by atoms with E-state index in [1.54, 1.807) is 6.92 Å². The number of guanidine groups is 4. The number of amides is 8. The van der Waals surface area contributed by atoms with E-state index in [0.29, 0.717) is 13.0 Å². The first-order chi connectivity index (χ1) is 51.8. The van der Waals surface area contributed by atoms with Crippen LogP contribution in [0.25, 0.3) is 0 Å². The van der Waals surface area contributed by atoms with Gasteiger partial charge < -0.3 is 133 Å². The molecule has 0 aliphatic rings. The van der Waals surface area contributed by atoms with E-state index in [4.69, 9.17) is 96.6 Å². The summed E-state index contributed by atoms with van der Waals surface area (Å²) < 4.78 is 23.6. The number of anilines is 4. The average molecular weight is 1520 g/mol. The Hall–Kier alpha value is -13.2. The number of nitrogens with two attached hydrogens (primary N) is 6. The Labute approximate surface area is 629 Å². The van der Waals surface area contributed by atoms with Gasteiger partial charge in [-0.05, 0) is 152 Å². The normalized spacial score (nSPS) is 11.6. The Balaban J connectivity index is 1.75. The van der Waals surface area contributed by atoms with Gasteiger partial charge in [0.25, 0.3) is 23.6 Å². The van der Waals surface area contributed by atoms with Crippen LogP contribution in [0, 0.1) is 43.3 Å². The third-order valence-corrected chi connectivity index (χ3v) is 15.2. The molecule has 0 aliphatic carbocycles. The highest BCUT2D eigenvalue weighted by atomic mass is 16.5. The first kappa shape index (κ1) is 88.2. The molecule has 0 unspecified atom stereocenters. The molecule has 4 aromatic carbocycles. The Kier molecular flexibility index (Phi) is 37.7. The molecule has 0 heterocycles. The zero-order valence-electron chi connectivity index (χ0n) is 61.2.